The molecule has 1 N–H and O–H groups in total. The summed E-state index contributed by atoms with van der Waals surface area (Å²) in [6.07, 6.45) is -1.48. The van der Waals surface area contributed by atoms with Crippen LogP contribution in [0.25, 0.3) is 22.5 Å². The lowest BCUT2D eigenvalue weighted by Crippen LogP contribution is -2.20. The molecule has 4 aromatic rings. The van der Waals surface area contributed by atoms with Gasteiger partial charge in [0.1, 0.15) is 18.1 Å². The highest BCUT2D eigenvalue weighted by molar-refractivity contribution is 5.93. The molecule has 0 saturated carbocycles. The molecule has 1 amide bonds. The van der Waals surface area contributed by atoms with Gasteiger partial charge in [0.25, 0.3) is 6.43 Å². The normalized spacial score (nSPS) is 11.5. The Morgan fingerprint density at radius 3 is 2.67 bits per heavy atom. The van der Waals surface area contributed by atoms with Gasteiger partial charge in [-0.1, -0.05) is 0 Å². The first-order chi connectivity index (χ1) is 15.7. The highest BCUT2D eigenvalue weighted by Crippen LogP contribution is 2.33. The zero-order valence-corrected chi connectivity index (χ0v) is 16.9. The molecule has 0 atom stereocenters. The number of carbonyl (C=O) groups excluding carboxylic acids is 1. The van der Waals surface area contributed by atoms with Crippen molar-refractivity contribution >= 4 is 22.6 Å². The first-order valence-electron chi connectivity index (χ1n) is 9.47. The number of nitrogens with one attached hydrogen (secondary N) is 1. The number of amides is 1. The summed E-state index contributed by atoms with van der Waals surface area (Å²) in [6, 6.07) is 7.01. The van der Waals surface area contributed by atoms with E-state index in [1.807, 2.05) is 0 Å². The van der Waals surface area contributed by atoms with Crippen molar-refractivity contribution in [1.82, 2.24) is 14.8 Å². The number of nitrogens with zero attached hydrogens (tertiary/aromatic N) is 3. The maximum atomic E-state index is 13.8. The van der Waals surface area contributed by atoms with E-state index in [2.05, 4.69) is 20.1 Å². The number of aryl methyl sites for hydroxylation is 1. The largest absolute Gasteiger partial charge is 0.463 e. The fraction of sp³-hybridized carbons (Fsp3) is 0.190. The van der Waals surface area contributed by atoms with E-state index in [4.69, 9.17) is 4.42 Å². The number of benzene rings is 1. The Bertz CT molecular complexity index is 1310. The Balaban J connectivity index is 1.69. The molecule has 12 heteroatoms. The summed E-state index contributed by atoms with van der Waals surface area (Å²) in [4.78, 5) is 16.9. The summed E-state index contributed by atoms with van der Waals surface area (Å²) in [5.74, 6) is -1.92. The number of carbonyl (C=O) groups is 1. The van der Waals surface area contributed by atoms with Crippen molar-refractivity contribution in [2.75, 3.05) is 5.32 Å². The van der Waals surface area contributed by atoms with Crippen molar-refractivity contribution in [3.63, 3.8) is 0 Å². The first kappa shape index (κ1) is 22.2. The van der Waals surface area contributed by atoms with Crippen LogP contribution in [0.2, 0.25) is 0 Å². The van der Waals surface area contributed by atoms with Crippen LogP contribution in [-0.2, 0) is 11.3 Å². The average molecular weight is 466 g/mol. The second kappa shape index (κ2) is 8.88. The summed E-state index contributed by atoms with van der Waals surface area (Å²) in [7, 11) is 0. The summed E-state index contributed by atoms with van der Waals surface area (Å²) in [5.41, 5.74) is -0.185. The van der Waals surface area contributed by atoms with Gasteiger partial charge in [-0.15, -0.1) is 0 Å². The standard InChI is InChI=1S/C21H15F5N4O3/c1-10-18-12(19(23)24)8-14(15-3-2-6-32-15)28-20(18)30(29-10)9-17(31)27-13-5-4-11(22)7-16(13)33-21(25)26/h2-8,19,21H,9H2,1H3,(H,27,31). The van der Waals surface area contributed by atoms with Crippen molar-refractivity contribution in [2.45, 2.75) is 26.5 Å². The van der Waals surface area contributed by atoms with E-state index in [1.54, 1.807) is 12.1 Å². The van der Waals surface area contributed by atoms with E-state index < -0.39 is 37.1 Å². The number of alkyl halides is 4. The Kier molecular flexibility index (Phi) is 5.99. The highest BCUT2D eigenvalue weighted by Gasteiger charge is 2.23. The number of hydrogen-bond acceptors (Lipinski definition) is 5. The molecule has 0 unspecified atom stereocenters. The molecule has 172 valence electrons. The molecule has 33 heavy (non-hydrogen) atoms. The van der Waals surface area contributed by atoms with Gasteiger partial charge >= 0.3 is 6.61 Å². The molecule has 0 saturated heterocycles. The number of pyridine rings is 1. The van der Waals surface area contributed by atoms with E-state index in [0.29, 0.717) is 6.07 Å². The second-order valence-electron chi connectivity index (χ2n) is 6.88. The fourth-order valence-electron chi connectivity index (χ4n) is 3.34. The number of rotatable bonds is 7. The number of aromatic nitrogens is 3. The third-order valence-electron chi connectivity index (χ3n) is 4.64. The van der Waals surface area contributed by atoms with E-state index in [9.17, 15) is 26.7 Å². The number of hydrogen-bond donors (Lipinski definition) is 1. The van der Waals surface area contributed by atoms with Gasteiger partial charge in [-0.05, 0) is 37.3 Å². The Morgan fingerprint density at radius 2 is 2.00 bits per heavy atom. The minimum atomic E-state index is -3.24. The van der Waals surface area contributed by atoms with Gasteiger partial charge in [-0.2, -0.15) is 13.9 Å². The predicted octanol–water partition coefficient (Wildman–Crippen LogP) is 5.32. The molecule has 0 radical (unpaired) electrons. The van der Waals surface area contributed by atoms with Crippen molar-refractivity contribution in [3.8, 4) is 17.2 Å². The minimum Gasteiger partial charge on any atom is -0.463 e. The van der Waals surface area contributed by atoms with Crippen LogP contribution in [0.5, 0.6) is 5.75 Å². The van der Waals surface area contributed by atoms with Crippen molar-refractivity contribution in [2.24, 2.45) is 0 Å². The maximum Gasteiger partial charge on any atom is 0.387 e. The van der Waals surface area contributed by atoms with E-state index in [-0.39, 0.29) is 39.4 Å². The number of anilines is 1. The predicted molar refractivity (Wildman–Crippen MR) is 107 cm³/mol. The Labute approximate surface area is 182 Å². The molecule has 0 aliphatic carbocycles. The minimum absolute atomic E-state index is 0.00927. The van der Waals surface area contributed by atoms with Crippen LogP contribution in [-0.4, -0.2) is 27.3 Å². The lowest BCUT2D eigenvalue weighted by Gasteiger charge is -2.12. The van der Waals surface area contributed by atoms with Gasteiger partial charge in [-0.25, -0.2) is 22.8 Å². The maximum absolute atomic E-state index is 13.8. The van der Waals surface area contributed by atoms with Crippen molar-refractivity contribution in [1.29, 1.82) is 0 Å². The fourth-order valence-corrected chi connectivity index (χ4v) is 3.34. The molecule has 4 rings (SSSR count). The molecule has 0 fully saturated rings. The van der Waals surface area contributed by atoms with Crippen LogP contribution in [0.3, 0.4) is 0 Å². The topological polar surface area (TPSA) is 82.2 Å². The zero-order chi connectivity index (χ0) is 23.7. The average Bonchev–Trinajstić information content (AvgIpc) is 3.38. The summed E-state index contributed by atoms with van der Waals surface area (Å²) < 4.78 is 76.7. The number of fused-ring (bicyclic) bond motifs is 1. The molecule has 0 spiro atoms. The van der Waals surface area contributed by atoms with Crippen LogP contribution in [0.1, 0.15) is 17.7 Å². The SMILES string of the molecule is Cc1nn(CC(=O)Nc2ccc(F)cc2OC(F)F)c2nc(-c3ccco3)cc(C(F)F)c12. The molecule has 0 aliphatic heterocycles. The monoisotopic (exact) mass is 466 g/mol. The van der Waals surface area contributed by atoms with E-state index >= 15 is 0 Å². The van der Waals surface area contributed by atoms with Gasteiger partial charge in [0.05, 0.1) is 23.0 Å². The summed E-state index contributed by atoms with van der Waals surface area (Å²) in [6.45, 7) is -2.24. The Morgan fingerprint density at radius 1 is 1.21 bits per heavy atom. The second-order valence-corrected chi connectivity index (χ2v) is 6.88. The Hall–Kier alpha value is -3.96. The number of ether oxygens (including phenoxy) is 1. The summed E-state index contributed by atoms with van der Waals surface area (Å²) in [5, 5.41) is 6.55. The van der Waals surface area contributed by atoms with Crippen LogP contribution in [0.4, 0.5) is 27.6 Å². The quantitative estimate of drug-likeness (QED) is 0.373. The molecule has 7 nitrogen and oxygen atoms in total. The molecular formula is C21H15F5N4O3. The molecule has 3 aromatic heterocycles. The van der Waals surface area contributed by atoms with Crippen LogP contribution >= 0.6 is 0 Å². The molecule has 0 bridgehead atoms. The summed E-state index contributed by atoms with van der Waals surface area (Å²) >= 11 is 0. The molecule has 1 aromatic carbocycles. The zero-order valence-electron chi connectivity index (χ0n) is 16.9. The smallest absolute Gasteiger partial charge is 0.387 e. The van der Waals surface area contributed by atoms with Gasteiger partial charge in [-0.3, -0.25) is 4.79 Å². The van der Waals surface area contributed by atoms with Gasteiger partial charge in [0.15, 0.2) is 17.2 Å². The molecular weight excluding hydrogens is 451 g/mol. The number of furan rings is 1. The van der Waals surface area contributed by atoms with Crippen molar-refractivity contribution in [3.05, 3.63) is 59.7 Å². The third kappa shape index (κ3) is 4.64. The van der Waals surface area contributed by atoms with Gasteiger partial charge < -0.3 is 14.5 Å². The van der Waals surface area contributed by atoms with Gasteiger partial charge in [0.2, 0.25) is 5.91 Å². The van der Waals surface area contributed by atoms with E-state index in [1.165, 1.54) is 19.3 Å². The number of halogens is 5. The lowest BCUT2D eigenvalue weighted by molar-refractivity contribution is -0.116. The van der Waals surface area contributed by atoms with Crippen molar-refractivity contribution < 1.29 is 35.9 Å². The first-order valence-corrected chi connectivity index (χ1v) is 9.47. The highest BCUT2D eigenvalue weighted by atomic mass is 19.3. The van der Waals surface area contributed by atoms with Crippen LogP contribution in [0.15, 0.2) is 47.1 Å². The third-order valence-corrected chi connectivity index (χ3v) is 4.64. The molecule has 3 heterocycles. The molecule has 0 aliphatic rings. The van der Waals surface area contributed by atoms with E-state index in [0.717, 1.165) is 16.8 Å². The van der Waals surface area contributed by atoms with Gasteiger partial charge in [0, 0.05) is 11.6 Å². The van der Waals surface area contributed by atoms with Crippen LogP contribution < -0.4 is 10.1 Å². The van der Waals surface area contributed by atoms with Crippen LogP contribution in [0, 0.1) is 12.7 Å². The lowest BCUT2D eigenvalue weighted by atomic mass is 10.1.